The van der Waals surface area contributed by atoms with Crippen LogP contribution in [0.3, 0.4) is 0 Å². The average molecular weight is 327 g/mol. The van der Waals surface area contributed by atoms with Crippen molar-refractivity contribution in [2.45, 2.75) is 32.4 Å². The molecule has 1 aromatic heterocycles. The van der Waals surface area contributed by atoms with Gasteiger partial charge in [0.25, 0.3) is 0 Å². The molecule has 2 atom stereocenters. The first-order chi connectivity index (χ1) is 11.7. The number of imidazole rings is 1. The van der Waals surface area contributed by atoms with E-state index in [0.29, 0.717) is 19.3 Å². The van der Waals surface area contributed by atoms with Crippen molar-refractivity contribution in [3.63, 3.8) is 0 Å². The summed E-state index contributed by atoms with van der Waals surface area (Å²) >= 11 is 0. The van der Waals surface area contributed by atoms with E-state index in [4.69, 9.17) is 4.74 Å². The zero-order valence-corrected chi connectivity index (χ0v) is 14.2. The zero-order chi connectivity index (χ0) is 16.8. The first-order valence-electron chi connectivity index (χ1n) is 8.62. The van der Waals surface area contributed by atoms with Gasteiger partial charge in [-0.05, 0) is 18.4 Å². The Morgan fingerprint density at radius 1 is 1.38 bits per heavy atom. The average Bonchev–Trinajstić information content (AvgIpc) is 3.17. The van der Waals surface area contributed by atoms with Gasteiger partial charge in [-0.15, -0.1) is 0 Å². The van der Waals surface area contributed by atoms with Gasteiger partial charge in [-0.2, -0.15) is 0 Å². The molecule has 0 aliphatic carbocycles. The Kier molecular flexibility index (Phi) is 5.64. The maximum Gasteiger partial charge on any atom is 0.227 e. The highest BCUT2D eigenvalue weighted by atomic mass is 16.5. The number of ether oxygens (including phenoxy) is 1. The Labute approximate surface area is 143 Å². The Hall–Kier alpha value is -2.14. The lowest BCUT2D eigenvalue weighted by Crippen LogP contribution is -2.43. The van der Waals surface area contributed by atoms with E-state index in [1.165, 1.54) is 0 Å². The number of hydrogen-bond donors (Lipinski definition) is 0. The normalized spacial score (nSPS) is 19.2. The van der Waals surface area contributed by atoms with E-state index in [2.05, 4.69) is 9.55 Å². The molecule has 1 fully saturated rings. The van der Waals surface area contributed by atoms with Gasteiger partial charge in [-0.3, -0.25) is 4.79 Å². The van der Waals surface area contributed by atoms with Gasteiger partial charge in [0.05, 0.1) is 31.5 Å². The fraction of sp³-hybridized carbons (Fsp3) is 0.474. The van der Waals surface area contributed by atoms with E-state index in [1.807, 2.05) is 54.7 Å². The van der Waals surface area contributed by atoms with Gasteiger partial charge in [0, 0.05) is 25.5 Å². The van der Waals surface area contributed by atoms with Crippen LogP contribution in [0.4, 0.5) is 0 Å². The highest BCUT2D eigenvalue weighted by Crippen LogP contribution is 2.22. The fourth-order valence-electron chi connectivity index (χ4n) is 3.19. The summed E-state index contributed by atoms with van der Waals surface area (Å²) in [4.78, 5) is 18.8. The van der Waals surface area contributed by atoms with Gasteiger partial charge in [0.1, 0.15) is 0 Å². The fourth-order valence-corrected chi connectivity index (χ4v) is 3.19. The third-order valence-corrected chi connectivity index (χ3v) is 4.56. The molecule has 0 bridgehead atoms. The topological polar surface area (TPSA) is 47.4 Å². The van der Waals surface area contributed by atoms with E-state index in [-0.39, 0.29) is 11.8 Å². The van der Waals surface area contributed by atoms with E-state index >= 15 is 0 Å². The molecule has 1 aliphatic rings. The summed E-state index contributed by atoms with van der Waals surface area (Å²) in [5.74, 6) is 0.0723. The smallest absolute Gasteiger partial charge is 0.227 e. The molecule has 0 radical (unpaired) electrons. The van der Waals surface area contributed by atoms with Crippen molar-refractivity contribution in [3.05, 3.63) is 54.6 Å². The standard InChI is InChI=1S/C19H25N3O2/c1-16(13-24-14-17-6-3-2-4-7-17)19(23)21-10-5-8-18(12-21)22-11-9-20-15-22/h2-4,6-7,9,11,15-16,18H,5,8,10,12-14H2,1H3/t16-,18-/m0/s1. The molecule has 0 unspecified atom stereocenters. The van der Waals surface area contributed by atoms with Crippen molar-refractivity contribution < 1.29 is 9.53 Å². The lowest BCUT2D eigenvalue weighted by atomic mass is 10.0. The summed E-state index contributed by atoms with van der Waals surface area (Å²) < 4.78 is 7.84. The maximum atomic E-state index is 12.7. The third kappa shape index (κ3) is 4.23. The number of aromatic nitrogens is 2. The summed E-state index contributed by atoms with van der Waals surface area (Å²) in [6.07, 6.45) is 7.74. The van der Waals surface area contributed by atoms with Crippen molar-refractivity contribution in [3.8, 4) is 0 Å². The van der Waals surface area contributed by atoms with Crippen molar-refractivity contribution in [1.82, 2.24) is 14.5 Å². The molecule has 1 saturated heterocycles. The van der Waals surface area contributed by atoms with Crippen LogP contribution in [0.1, 0.15) is 31.4 Å². The van der Waals surface area contributed by atoms with Crippen LogP contribution in [0.15, 0.2) is 49.1 Å². The quantitative estimate of drug-likeness (QED) is 0.819. The highest BCUT2D eigenvalue weighted by molar-refractivity contribution is 5.78. The van der Waals surface area contributed by atoms with Crippen LogP contribution >= 0.6 is 0 Å². The third-order valence-electron chi connectivity index (χ3n) is 4.56. The van der Waals surface area contributed by atoms with Crippen LogP contribution in [0.2, 0.25) is 0 Å². The van der Waals surface area contributed by atoms with E-state index < -0.39 is 0 Å². The molecule has 1 amide bonds. The molecule has 24 heavy (non-hydrogen) atoms. The maximum absolute atomic E-state index is 12.7. The zero-order valence-electron chi connectivity index (χ0n) is 14.2. The molecule has 0 spiro atoms. The first kappa shape index (κ1) is 16.7. The molecule has 2 heterocycles. The number of carbonyl (C=O) groups is 1. The molecule has 128 valence electrons. The molecule has 2 aromatic rings. The first-order valence-corrected chi connectivity index (χ1v) is 8.62. The molecule has 5 heteroatoms. The van der Waals surface area contributed by atoms with Gasteiger partial charge in [0.2, 0.25) is 5.91 Å². The summed E-state index contributed by atoms with van der Waals surface area (Å²) in [6, 6.07) is 10.4. The highest BCUT2D eigenvalue weighted by Gasteiger charge is 2.27. The molecule has 5 nitrogen and oxygen atoms in total. The monoisotopic (exact) mass is 327 g/mol. The van der Waals surface area contributed by atoms with Crippen LogP contribution in [-0.4, -0.2) is 40.1 Å². The Balaban J connectivity index is 1.48. The number of rotatable bonds is 6. The summed E-state index contributed by atoms with van der Waals surface area (Å²) in [5, 5.41) is 0. The lowest BCUT2D eigenvalue weighted by Gasteiger charge is -2.34. The number of hydrogen-bond acceptors (Lipinski definition) is 3. The predicted octanol–water partition coefficient (Wildman–Crippen LogP) is 2.90. The van der Waals surface area contributed by atoms with Crippen molar-refractivity contribution in [2.75, 3.05) is 19.7 Å². The molecule has 0 N–H and O–H groups in total. The number of carbonyl (C=O) groups excluding carboxylic acids is 1. The van der Waals surface area contributed by atoms with E-state index in [1.54, 1.807) is 6.20 Å². The Morgan fingerprint density at radius 2 is 2.21 bits per heavy atom. The van der Waals surface area contributed by atoms with Crippen molar-refractivity contribution >= 4 is 5.91 Å². The minimum Gasteiger partial charge on any atom is -0.376 e. The van der Waals surface area contributed by atoms with Gasteiger partial charge in [-0.25, -0.2) is 4.98 Å². The van der Waals surface area contributed by atoms with E-state index in [0.717, 1.165) is 31.5 Å². The largest absolute Gasteiger partial charge is 0.376 e. The van der Waals surface area contributed by atoms with Crippen molar-refractivity contribution in [2.24, 2.45) is 5.92 Å². The van der Waals surface area contributed by atoms with Crippen LogP contribution in [0, 0.1) is 5.92 Å². The van der Waals surface area contributed by atoms with E-state index in [9.17, 15) is 4.79 Å². The summed E-state index contributed by atoms with van der Waals surface area (Å²) in [7, 11) is 0. The van der Waals surface area contributed by atoms with Gasteiger partial charge >= 0.3 is 0 Å². The van der Waals surface area contributed by atoms with Gasteiger partial charge in [0.15, 0.2) is 0 Å². The summed E-state index contributed by atoms with van der Waals surface area (Å²) in [6.45, 7) is 4.57. The number of likely N-dealkylation sites (tertiary alicyclic amines) is 1. The van der Waals surface area contributed by atoms with Crippen LogP contribution in [0.5, 0.6) is 0 Å². The van der Waals surface area contributed by atoms with Crippen LogP contribution in [0.25, 0.3) is 0 Å². The predicted molar refractivity (Wildman–Crippen MR) is 92.3 cm³/mol. The number of nitrogens with zero attached hydrogens (tertiary/aromatic N) is 3. The van der Waals surface area contributed by atoms with Crippen LogP contribution < -0.4 is 0 Å². The second kappa shape index (κ2) is 8.11. The molecule has 0 saturated carbocycles. The number of benzene rings is 1. The van der Waals surface area contributed by atoms with Crippen LogP contribution in [-0.2, 0) is 16.1 Å². The Morgan fingerprint density at radius 3 is 2.96 bits per heavy atom. The van der Waals surface area contributed by atoms with Gasteiger partial charge < -0.3 is 14.2 Å². The molecule has 1 aromatic carbocycles. The molecular weight excluding hydrogens is 302 g/mol. The minimum atomic E-state index is -0.116. The Bertz CT molecular complexity index is 627. The molecule has 3 rings (SSSR count). The van der Waals surface area contributed by atoms with Crippen molar-refractivity contribution in [1.29, 1.82) is 0 Å². The minimum absolute atomic E-state index is 0.116. The second-order valence-electron chi connectivity index (χ2n) is 6.49. The number of piperidine rings is 1. The SMILES string of the molecule is C[C@@H](COCc1ccccc1)C(=O)N1CCC[C@H](n2ccnc2)C1. The number of amides is 1. The second-order valence-corrected chi connectivity index (χ2v) is 6.49. The molecule has 1 aliphatic heterocycles. The lowest BCUT2D eigenvalue weighted by molar-refractivity contribution is -0.138. The molecular formula is C19H25N3O2. The van der Waals surface area contributed by atoms with Gasteiger partial charge in [-0.1, -0.05) is 37.3 Å². The summed E-state index contributed by atoms with van der Waals surface area (Å²) in [5.41, 5.74) is 1.13.